The number of halogens is 1. The van der Waals surface area contributed by atoms with Gasteiger partial charge in [0.2, 0.25) is 0 Å². The number of benzene rings is 1. The second kappa shape index (κ2) is 5.33. The Morgan fingerprint density at radius 1 is 1.19 bits per heavy atom. The third-order valence-corrected chi connectivity index (χ3v) is 4.48. The van der Waals surface area contributed by atoms with E-state index >= 15 is 0 Å². The first-order chi connectivity index (χ1) is 7.66. The molecular weight excluding hydrogens is 262 g/mol. The molecule has 0 spiro atoms. The Bertz CT molecular complexity index is 333. The molecule has 2 rings (SSSR count). The number of nitrogens with one attached hydrogen (secondary N) is 1. The Labute approximate surface area is 107 Å². The third kappa shape index (κ3) is 2.86. The number of hydrogen-bond donors (Lipinski definition) is 1. The fourth-order valence-corrected chi connectivity index (χ4v) is 2.77. The Kier molecular flexibility index (Phi) is 4.04. The molecule has 1 saturated carbocycles. The van der Waals surface area contributed by atoms with Crippen LogP contribution in [0.1, 0.15) is 32.3 Å². The van der Waals surface area contributed by atoms with Gasteiger partial charge in [0.15, 0.2) is 0 Å². The molecule has 1 fully saturated rings. The van der Waals surface area contributed by atoms with E-state index in [4.69, 9.17) is 0 Å². The summed E-state index contributed by atoms with van der Waals surface area (Å²) in [5.74, 6) is 1.69. The maximum absolute atomic E-state index is 3.68. The van der Waals surface area contributed by atoms with Gasteiger partial charge < -0.3 is 5.32 Å². The van der Waals surface area contributed by atoms with Gasteiger partial charge in [0.05, 0.1) is 0 Å². The van der Waals surface area contributed by atoms with Crippen molar-refractivity contribution in [2.75, 3.05) is 0 Å². The molecule has 3 unspecified atom stereocenters. The summed E-state index contributed by atoms with van der Waals surface area (Å²) < 4.78 is 1.15. The second-order valence-corrected chi connectivity index (χ2v) is 5.94. The highest BCUT2D eigenvalue weighted by Gasteiger charge is 2.28. The van der Waals surface area contributed by atoms with E-state index in [1.54, 1.807) is 0 Å². The summed E-state index contributed by atoms with van der Waals surface area (Å²) in [5, 5.41) is 3.68. The molecule has 1 aromatic carbocycles. The van der Waals surface area contributed by atoms with Crippen LogP contribution in [0.5, 0.6) is 0 Å². The molecule has 0 aromatic heterocycles. The van der Waals surface area contributed by atoms with Crippen molar-refractivity contribution in [1.82, 2.24) is 5.32 Å². The molecule has 0 amide bonds. The number of hydrogen-bond acceptors (Lipinski definition) is 1. The molecule has 2 heteroatoms. The van der Waals surface area contributed by atoms with E-state index < -0.39 is 0 Å². The van der Waals surface area contributed by atoms with Gasteiger partial charge in [0.1, 0.15) is 0 Å². The van der Waals surface area contributed by atoms with E-state index in [1.165, 1.54) is 18.4 Å². The van der Waals surface area contributed by atoms with Crippen molar-refractivity contribution in [2.24, 2.45) is 11.8 Å². The summed E-state index contributed by atoms with van der Waals surface area (Å²) in [5.41, 5.74) is 1.37. The highest BCUT2D eigenvalue weighted by molar-refractivity contribution is 9.10. The molecule has 1 aliphatic rings. The van der Waals surface area contributed by atoms with Gasteiger partial charge in [-0.25, -0.2) is 0 Å². The predicted octanol–water partition coefficient (Wildman–Crippen LogP) is 3.97. The van der Waals surface area contributed by atoms with Crippen LogP contribution in [0, 0.1) is 11.8 Å². The highest BCUT2D eigenvalue weighted by Crippen LogP contribution is 2.31. The number of rotatable bonds is 3. The van der Waals surface area contributed by atoms with Gasteiger partial charge in [-0.1, -0.05) is 41.9 Å². The van der Waals surface area contributed by atoms with Crippen LogP contribution in [-0.2, 0) is 6.54 Å². The molecule has 1 aromatic rings. The minimum atomic E-state index is 0.707. The van der Waals surface area contributed by atoms with E-state index in [1.807, 2.05) is 0 Å². The van der Waals surface area contributed by atoms with Gasteiger partial charge in [-0.05, 0) is 42.4 Å². The zero-order chi connectivity index (χ0) is 11.5. The van der Waals surface area contributed by atoms with E-state index in [2.05, 4.69) is 59.4 Å². The van der Waals surface area contributed by atoms with Crippen molar-refractivity contribution in [3.8, 4) is 0 Å². The normalized spacial score (nSPS) is 29.6. The topological polar surface area (TPSA) is 12.0 Å². The maximum atomic E-state index is 3.68. The van der Waals surface area contributed by atoms with Crippen LogP contribution in [0.2, 0.25) is 0 Å². The van der Waals surface area contributed by atoms with E-state index in [-0.39, 0.29) is 0 Å². The highest BCUT2D eigenvalue weighted by atomic mass is 79.9. The molecule has 0 saturated heterocycles. The van der Waals surface area contributed by atoms with Crippen molar-refractivity contribution in [3.63, 3.8) is 0 Å². The maximum Gasteiger partial charge on any atom is 0.0208 e. The van der Waals surface area contributed by atoms with Crippen LogP contribution < -0.4 is 5.32 Å². The summed E-state index contributed by atoms with van der Waals surface area (Å²) >= 11 is 3.46. The van der Waals surface area contributed by atoms with Crippen LogP contribution in [0.25, 0.3) is 0 Å². The summed E-state index contributed by atoms with van der Waals surface area (Å²) in [6, 6.07) is 9.29. The fourth-order valence-electron chi connectivity index (χ4n) is 2.50. The summed E-state index contributed by atoms with van der Waals surface area (Å²) in [4.78, 5) is 0. The lowest BCUT2D eigenvalue weighted by atomic mass is 9.98. The standard InChI is InChI=1S/C14H20BrN/c1-10-3-8-14(11(10)2)16-9-12-4-6-13(15)7-5-12/h4-7,10-11,14,16H,3,8-9H2,1-2H3. The quantitative estimate of drug-likeness (QED) is 0.884. The molecule has 16 heavy (non-hydrogen) atoms. The molecule has 1 nitrogen and oxygen atoms in total. The van der Waals surface area contributed by atoms with Crippen LogP contribution in [0.3, 0.4) is 0 Å². The van der Waals surface area contributed by atoms with Gasteiger partial charge in [0.25, 0.3) is 0 Å². The van der Waals surface area contributed by atoms with Crippen molar-refractivity contribution in [3.05, 3.63) is 34.3 Å². The van der Waals surface area contributed by atoms with Crippen molar-refractivity contribution >= 4 is 15.9 Å². The molecule has 0 heterocycles. The van der Waals surface area contributed by atoms with Crippen molar-refractivity contribution in [2.45, 2.75) is 39.3 Å². The first kappa shape index (κ1) is 12.1. The SMILES string of the molecule is CC1CCC(NCc2ccc(Br)cc2)C1C. The predicted molar refractivity (Wildman–Crippen MR) is 72.3 cm³/mol. The van der Waals surface area contributed by atoms with Gasteiger partial charge in [0, 0.05) is 17.1 Å². The van der Waals surface area contributed by atoms with Crippen LogP contribution in [0.4, 0.5) is 0 Å². The Morgan fingerprint density at radius 2 is 1.88 bits per heavy atom. The minimum absolute atomic E-state index is 0.707. The monoisotopic (exact) mass is 281 g/mol. The third-order valence-electron chi connectivity index (χ3n) is 3.95. The van der Waals surface area contributed by atoms with Crippen LogP contribution in [-0.4, -0.2) is 6.04 Å². The van der Waals surface area contributed by atoms with Crippen LogP contribution in [0.15, 0.2) is 28.7 Å². The largest absolute Gasteiger partial charge is 0.310 e. The van der Waals surface area contributed by atoms with Crippen molar-refractivity contribution in [1.29, 1.82) is 0 Å². The zero-order valence-corrected chi connectivity index (χ0v) is 11.6. The zero-order valence-electron chi connectivity index (χ0n) is 10.0. The molecule has 1 N–H and O–H groups in total. The molecule has 3 atom stereocenters. The fraction of sp³-hybridized carbons (Fsp3) is 0.571. The van der Waals surface area contributed by atoms with Crippen LogP contribution >= 0.6 is 15.9 Å². The Hall–Kier alpha value is -0.340. The van der Waals surface area contributed by atoms with Gasteiger partial charge in [-0.15, -0.1) is 0 Å². The smallest absolute Gasteiger partial charge is 0.0208 e. The minimum Gasteiger partial charge on any atom is -0.310 e. The molecule has 1 aliphatic carbocycles. The Balaban J connectivity index is 1.86. The lowest BCUT2D eigenvalue weighted by Gasteiger charge is -2.19. The van der Waals surface area contributed by atoms with Gasteiger partial charge in [-0.2, -0.15) is 0 Å². The average molecular weight is 282 g/mol. The molecule has 0 aliphatic heterocycles. The first-order valence-electron chi connectivity index (χ1n) is 6.14. The first-order valence-corrected chi connectivity index (χ1v) is 6.94. The van der Waals surface area contributed by atoms with E-state index in [0.717, 1.165) is 22.9 Å². The lowest BCUT2D eigenvalue weighted by Crippen LogP contribution is -2.31. The molecule has 88 valence electrons. The molecule has 0 radical (unpaired) electrons. The lowest BCUT2D eigenvalue weighted by molar-refractivity contribution is 0.370. The molecule has 0 bridgehead atoms. The van der Waals surface area contributed by atoms with Gasteiger partial charge >= 0.3 is 0 Å². The second-order valence-electron chi connectivity index (χ2n) is 5.03. The van der Waals surface area contributed by atoms with Gasteiger partial charge in [-0.3, -0.25) is 0 Å². The summed E-state index contributed by atoms with van der Waals surface area (Å²) in [7, 11) is 0. The Morgan fingerprint density at radius 3 is 2.44 bits per heavy atom. The summed E-state index contributed by atoms with van der Waals surface area (Å²) in [6.07, 6.45) is 2.71. The molecular formula is C14H20BrN. The summed E-state index contributed by atoms with van der Waals surface area (Å²) in [6.45, 7) is 5.73. The van der Waals surface area contributed by atoms with E-state index in [9.17, 15) is 0 Å². The van der Waals surface area contributed by atoms with E-state index in [0.29, 0.717) is 6.04 Å². The van der Waals surface area contributed by atoms with Crippen molar-refractivity contribution < 1.29 is 0 Å². The average Bonchev–Trinajstić information content (AvgIpc) is 2.60.